The van der Waals surface area contributed by atoms with Crippen LogP contribution in [-0.2, 0) is 11.2 Å². The molecule has 2 rings (SSSR count). The molecule has 0 atom stereocenters. The van der Waals surface area contributed by atoms with Gasteiger partial charge in [0, 0.05) is 24.5 Å². The zero-order chi connectivity index (χ0) is 16.1. The smallest absolute Gasteiger partial charge is 0.137 e. The van der Waals surface area contributed by atoms with E-state index in [0.29, 0.717) is 35.2 Å². The molecule has 1 aromatic carbocycles. The minimum atomic E-state index is 0.245. The third-order valence-corrected chi connectivity index (χ3v) is 4.79. The first kappa shape index (κ1) is 17.1. The highest BCUT2D eigenvalue weighted by Gasteiger charge is 2.21. The van der Waals surface area contributed by atoms with Crippen molar-refractivity contribution in [3.8, 4) is 5.75 Å². The first-order chi connectivity index (χ1) is 10.5. The highest BCUT2D eigenvalue weighted by molar-refractivity contribution is 6.33. The molecule has 0 aromatic heterocycles. The van der Waals surface area contributed by atoms with Gasteiger partial charge in [-0.2, -0.15) is 0 Å². The number of ketones is 1. The van der Waals surface area contributed by atoms with E-state index in [0.717, 1.165) is 38.0 Å². The lowest BCUT2D eigenvalue weighted by Gasteiger charge is -2.30. The van der Waals surface area contributed by atoms with Crippen LogP contribution in [0.4, 0.5) is 5.69 Å². The summed E-state index contributed by atoms with van der Waals surface area (Å²) in [6, 6.07) is 3.43. The van der Waals surface area contributed by atoms with Crippen molar-refractivity contribution >= 4 is 23.1 Å². The number of ether oxygens (including phenoxy) is 1. The number of carbonyl (C=O) groups is 1. The highest BCUT2D eigenvalue weighted by atomic mass is 35.5. The Balaban J connectivity index is 1.94. The van der Waals surface area contributed by atoms with Crippen molar-refractivity contribution in [1.29, 1.82) is 0 Å². The van der Waals surface area contributed by atoms with Crippen molar-refractivity contribution in [1.82, 2.24) is 4.90 Å². The summed E-state index contributed by atoms with van der Waals surface area (Å²) in [6.45, 7) is 5.49. The molecule has 5 heteroatoms. The molecule has 0 unspecified atom stereocenters. The van der Waals surface area contributed by atoms with Crippen molar-refractivity contribution in [3.63, 3.8) is 0 Å². The Morgan fingerprint density at radius 1 is 1.41 bits per heavy atom. The summed E-state index contributed by atoms with van der Waals surface area (Å²) in [5, 5.41) is 0.472. The average Bonchev–Trinajstić information content (AvgIpc) is 2.51. The van der Waals surface area contributed by atoms with E-state index in [1.54, 1.807) is 19.2 Å². The SMILES string of the molecule is CCN1CCC(CC(=O)Cc2cc(Cl)c(N)cc2OC)CC1. The number of halogens is 1. The number of rotatable bonds is 6. The Labute approximate surface area is 137 Å². The predicted molar refractivity (Wildman–Crippen MR) is 90.6 cm³/mol. The van der Waals surface area contributed by atoms with E-state index in [1.165, 1.54) is 0 Å². The van der Waals surface area contributed by atoms with Crippen LogP contribution in [0.25, 0.3) is 0 Å². The van der Waals surface area contributed by atoms with Crippen LogP contribution in [0.15, 0.2) is 12.1 Å². The minimum Gasteiger partial charge on any atom is -0.496 e. The molecule has 0 spiro atoms. The molecule has 1 aliphatic rings. The number of anilines is 1. The van der Waals surface area contributed by atoms with Gasteiger partial charge in [-0.3, -0.25) is 4.79 Å². The summed E-state index contributed by atoms with van der Waals surface area (Å²) in [5.41, 5.74) is 7.06. The summed E-state index contributed by atoms with van der Waals surface area (Å²) >= 11 is 6.05. The molecular weight excluding hydrogens is 300 g/mol. The van der Waals surface area contributed by atoms with Crippen molar-refractivity contribution in [2.24, 2.45) is 5.92 Å². The van der Waals surface area contributed by atoms with E-state index in [-0.39, 0.29) is 5.78 Å². The lowest BCUT2D eigenvalue weighted by molar-refractivity contribution is -0.119. The second-order valence-corrected chi connectivity index (χ2v) is 6.39. The zero-order valence-corrected chi connectivity index (χ0v) is 14.2. The lowest BCUT2D eigenvalue weighted by Crippen LogP contribution is -2.34. The van der Waals surface area contributed by atoms with Gasteiger partial charge >= 0.3 is 0 Å². The summed E-state index contributed by atoms with van der Waals surface area (Å²) in [6.07, 6.45) is 3.22. The minimum absolute atomic E-state index is 0.245. The maximum Gasteiger partial charge on any atom is 0.137 e. The van der Waals surface area contributed by atoms with Gasteiger partial charge in [0.05, 0.1) is 17.8 Å². The molecule has 1 aliphatic heterocycles. The molecule has 1 saturated heterocycles. The molecule has 122 valence electrons. The first-order valence-corrected chi connectivity index (χ1v) is 8.27. The van der Waals surface area contributed by atoms with Gasteiger partial charge in [0.25, 0.3) is 0 Å². The van der Waals surface area contributed by atoms with Gasteiger partial charge in [-0.15, -0.1) is 0 Å². The fourth-order valence-corrected chi connectivity index (χ4v) is 3.24. The van der Waals surface area contributed by atoms with Gasteiger partial charge < -0.3 is 15.4 Å². The normalized spacial score (nSPS) is 16.7. The fraction of sp³-hybridized carbons (Fsp3) is 0.588. The van der Waals surface area contributed by atoms with E-state index in [2.05, 4.69) is 11.8 Å². The second kappa shape index (κ2) is 7.84. The number of nitrogen functional groups attached to an aromatic ring is 1. The number of Topliss-reactive ketones (excluding diaryl/α,β-unsaturated/α-hetero) is 1. The van der Waals surface area contributed by atoms with Crippen LogP contribution in [0.3, 0.4) is 0 Å². The van der Waals surface area contributed by atoms with E-state index in [1.807, 2.05) is 0 Å². The van der Waals surface area contributed by atoms with E-state index in [9.17, 15) is 4.79 Å². The Morgan fingerprint density at radius 2 is 2.09 bits per heavy atom. The number of carbonyl (C=O) groups excluding carboxylic acids is 1. The number of nitrogens with two attached hydrogens (primary N) is 1. The molecule has 22 heavy (non-hydrogen) atoms. The largest absolute Gasteiger partial charge is 0.496 e. The highest BCUT2D eigenvalue weighted by Crippen LogP contribution is 2.30. The van der Waals surface area contributed by atoms with Crippen molar-refractivity contribution in [2.75, 3.05) is 32.5 Å². The molecule has 1 aromatic rings. The first-order valence-electron chi connectivity index (χ1n) is 7.89. The maximum atomic E-state index is 12.4. The number of likely N-dealkylation sites (tertiary alicyclic amines) is 1. The predicted octanol–water partition coefficient (Wildman–Crippen LogP) is 3.16. The zero-order valence-electron chi connectivity index (χ0n) is 13.4. The second-order valence-electron chi connectivity index (χ2n) is 5.98. The standard InChI is InChI=1S/C17H25ClN2O2/c1-3-20-6-4-12(5-7-20)8-14(21)9-13-10-15(18)16(19)11-17(13)22-2/h10-12H,3-9,19H2,1-2H3. The van der Waals surface area contributed by atoms with E-state index < -0.39 is 0 Å². The molecule has 1 fully saturated rings. The number of hydrogen-bond donors (Lipinski definition) is 1. The number of nitrogens with zero attached hydrogens (tertiary/aromatic N) is 1. The molecular formula is C17H25ClN2O2. The van der Waals surface area contributed by atoms with Crippen molar-refractivity contribution < 1.29 is 9.53 Å². The maximum absolute atomic E-state index is 12.4. The van der Waals surface area contributed by atoms with Crippen LogP contribution < -0.4 is 10.5 Å². The van der Waals surface area contributed by atoms with Crippen LogP contribution in [0.1, 0.15) is 31.7 Å². The average molecular weight is 325 g/mol. The van der Waals surface area contributed by atoms with Crippen molar-refractivity contribution in [2.45, 2.75) is 32.6 Å². The number of methoxy groups -OCH3 is 1. The lowest BCUT2D eigenvalue weighted by atomic mass is 9.90. The van der Waals surface area contributed by atoms with Crippen LogP contribution in [0.2, 0.25) is 5.02 Å². The van der Waals surface area contributed by atoms with Gasteiger partial charge in [0.15, 0.2) is 0 Å². The summed E-state index contributed by atoms with van der Waals surface area (Å²) in [4.78, 5) is 14.8. The molecule has 0 saturated carbocycles. The van der Waals surface area contributed by atoms with E-state index >= 15 is 0 Å². The van der Waals surface area contributed by atoms with Gasteiger partial charge in [-0.1, -0.05) is 18.5 Å². The molecule has 0 amide bonds. The van der Waals surface area contributed by atoms with Crippen molar-refractivity contribution in [3.05, 3.63) is 22.7 Å². The molecule has 2 N–H and O–H groups in total. The Hall–Kier alpha value is -1.26. The number of hydrogen-bond acceptors (Lipinski definition) is 4. The van der Waals surface area contributed by atoms with Crippen LogP contribution in [0.5, 0.6) is 5.75 Å². The molecule has 0 aliphatic carbocycles. The Kier molecular flexibility index (Phi) is 6.09. The Bertz CT molecular complexity index is 526. The monoisotopic (exact) mass is 324 g/mol. The van der Waals surface area contributed by atoms with Gasteiger partial charge in [-0.25, -0.2) is 0 Å². The van der Waals surface area contributed by atoms with Gasteiger partial charge in [-0.05, 0) is 44.5 Å². The summed E-state index contributed by atoms with van der Waals surface area (Å²) < 4.78 is 5.30. The third-order valence-electron chi connectivity index (χ3n) is 4.46. The summed E-state index contributed by atoms with van der Waals surface area (Å²) in [5.74, 6) is 1.38. The third kappa shape index (κ3) is 4.37. The number of piperidine rings is 1. The van der Waals surface area contributed by atoms with Gasteiger partial charge in [0.2, 0.25) is 0 Å². The Morgan fingerprint density at radius 3 is 2.68 bits per heavy atom. The van der Waals surface area contributed by atoms with Gasteiger partial charge in [0.1, 0.15) is 11.5 Å². The molecule has 0 bridgehead atoms. The summed E-state index contributed by atoms with van der Waals surface area (Å²) in [7, 11) is 1.58. The fourth-order valence-electron chi connectivity index (χ4n) is 3.05. The van der Waals surface area contributed by atoms with E-state index in [4.69, 9.17) is 22.1 Å². The van der Waals surface area contributed by atoms with Crippen LogP contribution >= 0.6 is 11.6 Å². The number of benzene rings is 1. The quantitative estimate of drug-likeness (QED) is 0.817. The van der Waals surface area contributed by atoms with Crippen LogP contribution in [-0.4, -0.2) is 37.4 Å². The molecule has 0 radical (unpaired) electrons. The molecule has 1 heterocycles. The molecule has 4 nitrogen and oxygen atoms in total. The topological polar surface area (TPSA) is 55.6 Å². The van der Waals surface area contributed by atoms with Crippen LogP contribution in [0, 0.1) is 5.92 Å².